The van der Waals surface area contributed by atoms with Crippen LogP contribution in [-0.4, -0.2) is 23.8 Å². The molecule has 0 saturated heterocycles. The van der Waals surface area contributed by atoms with Crippen LogP contribution >= 0.6 is 0 Å². The van der Waals surface area contributed by atoms with Gasteiger partial charge in [-0.2, -0.15) is 0 Å². The maximum atomic E-state index is 10.9. The minimum absolute atomic E-state index is 0.357. The van der Waals surface area contributed by atoms with Crippen molar-refractivity contribution in [2.45, 2.75) is 19.8 Å². The van der Waals surface area contributed by atoms with Gasteiger partial charge in [0.15, 0.2) is 0 Å². The second-order valence-electron chi connectivity index (χ2n) is 3.73. The van der Waals surface area contributed by atoms with Crippen LogP contribution in [0.3, 0.4) is 0 Å². The molecule has 86 valence electrons. The fraction of sp³-hybridized carbons (Fsp3) is 0.385. The maximum Gasteiger partial charge on any atom is 0.308 e. The van der Waals surface area contributed by atoms with Crippen molar-refractivity contribution in [1.82, 2.24) is 0 Å². The molecule has 0 fully saturated rings. The third-order valence-corrected chi connectivity index (χ3v) is 2.35. The van der Waals surface area contributed by atoms with E-state index in [1.165, 1.54) is 0 Å². The zero-order valence-corrected chi connectivity index (χ0v) is 9.47. The lowest BCUT2D eigenvalue weighted by Gasteiger charge is -2.06. The Kier molecular flexibility index (Phi) is 5.26. The molecule has 1 unspecified atom stereocenters. The highest BCUT2D eigenvalue weighted by Crippen LogP contribution is 2.07. The molecule has 0 aliphatic heterocycles. The van der Waals surface area contributed by atoms with Crippen LogP contribution < -0.4 is 0 Å². The maximum absolute atomic E-state index is 10.9. The molecule has 1 atom stereocenters. The summed E-state index contributed by atoms with van der Waals surface area (Å²) in [5, 5.41) is 8.93. The van der Waals surface area contributed by atoms with E-state index < -0.39 is 5.97 Å². The SMILES string of the molecule is CCCC(CN=Cc1ccccc1)C(=O)O. The summed E-state index contributed by atoms with van der Waals surface area (Å²) in [5.41, 5.74) is 1.00. The Balaban J connectivity index is 2.49. The van der Waals surface area contributed by atoms with Crippen LogP contribution in [0.25, 0.3) is 0 Å². The Morgan fingerprint density at radius 1 is 1.44 bits per heavy atom. The number of rotatable bonds is 6. The van der Waals surface area contributed by atoms with Gasteiger partial charge in [0, 0.05) is 6.21 Å². The zero-order valence-electron chi connectivity index (χ0n) is 9.47. The molecule has 1 rings (SSSR count). The van der Waals surface area contributed by atoms with Crippen molar-refractivity contribution in [2.24, 2.45) is 10.9 Å². The third kappa shape index (κ3) is 4.26. The summed E-state index contributed by atoms with van der Waals surface area (Å²) in [5.74, 6) is -1.11. The van der Waals surface area contributed by atoms with Crippen molar-refractivity contribution < 1.29 is 9.90 Å². The van der Waals surface area contributed by atoms with Crippen molar-refractivity contribution in [2.75, 3.05) is 6.54 Å². The van der Waals surface area contributed by atoms with E-state index in [1.807, 2.05) is 37.3 Å². The van der Waals surface area contributed by atoms with E-state index in [-0.39, 0.29) is 5.92 Å². The number of carboxylic acid groups (broad SMARTS) is 1. The Bertz CT molecular complexity index is 346. The summed E-state index contributed by atoms with van der Waals surface area (Å²) >= 11 is 0. The Morgan fingerprint density at radius 2 is 2.12 bits per heavy atom. The molecule has 3 heteroatoms. The van der Waals surface area contributed by atoms with E-state index in [0.29, 0.717) is 13.0 Å². The van der Waals surface area contributed by atoms with Gasteiger partial charge in [0.2, 0.25) is 0 Å². The lowest BCUT2D eigenvalue weighted by molar-refractivity contribution is -0.141. The minimum Gasteiger partial charge on any atom is -0.481 e. The van der Waals surface area contributed by atoms with Gasteiger partial charge < -0.3 is 5.11 Å². The van der Waals surface area contributed by atoms with Gasteiger partial charge in [0.05, 0.1) is 12.5 Å². The molecule has 0 aliphatic carbocycles. The first-order chi connectivity index (χ1) is 7.74. The molecule has 1 aromatic rings. The number of carbonyl (C=O) groups is 1. The van der Waals surface area contributed by atoms with Gasteiger partial charge >= 0.3 is 5.97 Å². The smallest absolute Gasteiger partial charge is 0.308 e. The molecule has 0 radical (unpaired) electrons. The standard InChI is InChI=1S/C13H17NO2/c1-2-6-12(13(15)16)10-14-9-11-7-4-3-5-8-11/h3-5,7-9,12H,2,6,10H2,1H3,(H,15,16). The van der Waals surface area contributed by atoms with Crippen LogP contribution in [0.2, 0.25) is 0 Å². The number of benzene rings is 1. The summed E-state index contributed by atoms with van der Waals surface area (Å²) in [6, 6.07) is 9.69. The summed E-state index contributed by atoms with van der Waals surface area (Å²) < 4.78 is 0. The molecule has 0 aliphatic rings. The molecular formula is C13H17NO2. The Labute approximate surface area is 95.8 Å². The monoisotopic (exact) mass is 219 g/mol. The van der Waals surface area contributed by atoms with Gasteiger partial charge in [-0.05, 0) is 12.0 Å². The van der Waals surface area contributed by atoms with Gasteiger partial charge in [-0.3, -0.25) is 9.79 Å². The van der Waals surface area contributed by atoms with Crippen LogP contribution in [0.4, 0.5) is 0 Å². The number of hydrogen-bond donors (Lipinski definition) is 1. The van der Waals surface area contributed by atoms with Crippen LogP contribution in [0.1, 0.15) is 25.3 Å². The van der Waals surface area contributed by atoms with E-state index in [4.69, 9.17) is 5.11 Å². The number of hydrogen-bond acceptors (Lipinski definition) is 2. The summed E-state index contributed by atoms with van der Waals surface area (Å²) in [6.07, 6.45) is 3.28. The van der Waals surface area contributed by atoms with E-state index in [9.17, 15) is 4.79 Å². The number of carboxylic acids is 1. The van der Waals surface area contributed by atoms with Crippen LogP contribution in [0.5, 0.6) is 0 Å². The average Bonchev–Trinajstić information content (AvgIpc) is 2.29. The fourth-order valence-electron chi connectivity index (χ4n) is 1.47. The Hall–Kier alpha value is -1.64. The molecular weight excluding hydrogens is 202 g/mol. The second-order valence-corrected chi connectivity index (χ2v) is 3.73. The fourth-order valence-corrected chi connectivity index (χ4v) is 1.47. The topological polar surface area (TPSA) is 49.7 Å². The highest BCUT2D eigenvalue weighted by molar-refractivity contribution is 5.79. The molecule has 0 spiro atoms. The third-order valence-electron chi connectivity index (χ3n) is 2.35. The molecule has 1 aromatic carbocycles. The van der Waals surface area contributed by atoms with Crippen molar-refractivity contribution in [3.8, 4) is 0 Å². The van der Waals surface area contributed by atoms with Crippen molar-refractivity contribution in [3.05, 3.63) is 35.9 Å². The first kappa shape index (κ1) is 12.4. The van der Waals surface area contributed by atoms with Crippen molar-refractivity contribution in [3.63, 3.8) is 0 Å². The predicted octanol–water partition coefficient (Wildman–Crippen LogP) is 2.61. The molecule has 0 heterocycles. The van der Waals surface area contributed by atoms with Crippen molar-refractivity contribution in [1.29, 1.82) is 0 Å². The summed E-state index contributed by atoms with van der Waals surface area (Å²) in [6.45, 7) is 2.34. The lowest BCUT2D eigenvalue weighted by Crippen LogP contribution is -2.16. The molecule has 0 aromatic heterocycles. The average molecular weight is 219 g/mol. The molecule has 0 amide bonds. The minimum atomic E-state index is -0.757. The van der Waals surface area contributed by atoms with E-state index in [0.717, 1.165) is 12.0 Å². The van der Waals surface area contributed by atoms with Gasteiger partial charge in [-0.15, -0.1) is 0 Å². The molecule has 3 nitrogen and oxygen atoms in total. The van der Waals surface area contributed by atoms with Crippen LogP contribution in [0.15, 0.2) is 35.3 Å². The quantitative estimate of drug-likeness (QED) is 0.748. The van der Waals surface area contributed by atoms with E-state index in [2.05, 4.69) is 4.99 Å². The second kappa shape index (κ2) is 6.77. The largest absolute Gasteiger partial charge is 0.481 e. The van der Waals surface area contributed by atoms with Gasteiger partial charge in [0.25, 0.3) is 0 Å². The molecule has 1 N–H and O–H groups in total. The van der Waals surface area contributed by atoms with Gasteiger partial charge in [-0.25, -0.2) is 0 Å². The molecule has 0 saturated carbocycles. The lowest BCUT2D eigenvalue weighted by atomic mass is 10.0. The first-order valence-corrected chi connectivity index (χ1v) is 5.51. The van der Waals surface area contributed by atoms with Crippen LogP contribution in [-0.2, 0) is 4.79 Å². The number of aliphatic imine (C=N–C) groups is 1. The van der Waals surface area contributed by atoms with Crippen molar-refractivity contribution >= 4 is 12.2 Å². The van der Waals surface area contributed by atoms with E-state index in [1.54, 1.807) is 6.21 Å². The molecule has 0 bridgehead atoms. The van der Waals surface area contributed by atoms with E-state index >= 15 is 0 Å². The summed E-state index contributed by atoms with van der Waals surface area (Å²) in [4.78, 5) is 15.0. The first-order valence-electron chi connectivity index (χ1n) is 5.51. The molecule has 16 heavy (non-hydrogen) atoms. The highest BCUT2D eigenvalue weighted by Gasteiger charge is 2.14. The van der Waals surface area contributed by atoms with Gasteiger partial charge in [-0.1, -0.05) is 43.7 Å². The van der Waals surface area contributed by atoms with Gasteiger partial charge in [0.1, 0.15) is 0 Å². The van der Waals surface area contributed by atoms with Crippen LogP contribution in [0, 0.1) is 5.92 Å². The zero-order chi connectivity index (χ0) is 11.8. The Morgan fingerprint density at radius 3 is 2.69 bits per heavy atom. The summed E-state index contributed by atoms with van der Waals surface area (Å²) in [7, 11) is 0. The number of aliphatic carboxylic acids is 1. The number of nitrogens with zero attached hydrogens (tertiary/aromatic N) is 1. The normalized spacial score (nSPS) is 12.8. The highest BCUT2D eigenvalue weighted by atomic mass is 16.4. The predicted molar refractivity (Wildman–Crippen MR) is 64.9 cm³/mol.